The maximum atomic E-state index is 5.70. The van der Waals surface area contributed by atoms with Gasteiger partial charge in [0.1, 0.15) is 23.0 Å². The number of nitrogens with zero attached hydrogens (tertiary/aromatic N) is 4. The Bertz CT molecular complexity index is 4800. The molecular formula is C68H46N4O4. The van der Waals surface area contributed by atoms with E-state index < -0.39 is 0 Å². The maximum absolute atomic E-state index is 5.70. The Morgan fingerprint density at radius 3 is 1.21 bits per heavy atom. The lowest BCUT2D eigenvalue weighted by Gasteiger charge is -2.17. The van der Waals surface area contributed by atoms with E-state index in [1.807, 2.05) is 24.3 Å². The molecule has 0 N–H and O–H groups in total. The lowest BCUT2D eigenvalue weighted by Crippen LogP contribution is -1.96. The van der Waals surface area contributed by atoms with E-state index in [9.17, 15) is 0 Å². The number of para-hydroxylation sites is 1. The summed E-state index contributed by atoms with van der Waals surface area (Å²) in [4.78, 5) is 10.7. The van der Waals surface area contributed by atoms with Crippen LogP contribution in [0.15, 0.2) is 206 Å². The van der Waals surface area contributed by atoms with Crippen LogP contribution in [0, 0.1) is 0 Å². The number of hydrogen-bond donors (Lipinski definition) is 0. The third-order valence-electron chi connectivity index (χ3n) is 15.6. The summed E-state index contributed by atoms with van der Waals surface area (Å²) in [5, 5.41) is 13.3. The van der Waals surface area contributed by atoms with Gasteiger partial charge in [-0.05, 0) is 166 Å². The molecule has 15 rings (SSSR count). The van der Waals surface area contributed by atoms with Gasteiger partial charge in [-0.2, -0.15) is 0 Å². The van der Waals surface area contributed by atoms with Gasteiger partial charge in [0.25, 0.3) is 0 Å². The first-order chi connectivity index (χ1) is 37.4. The first kappa shape index (κ1) is 43.6. The van der Waals surface area contributed by atoms with Gasteiger partial charge < -0.3 is 28.1 Å². The van der Waals surface area contributed by atoms with Crippen LogP contribution in [0.1, 0.15) is 0 Å². The molecule has 0 saturated carbocycles. The first-order valence-electron chi connectivity index (χ1n) is 25.4. The molecule has 0 saturated heterocycles. The summed E-state index contributed by atoms with van der Waals surface area (Å²) in [6.45, 7) is 0. The van der Waals surface area contributed by atoms with E-state index in [1.54, 1.807) is 28.4 Å². The molecule has 11 aromatic carbocycles. The Morgan fingerprint density at radius 1 is 0.303 bits per heavy atom. The quantitative estimate of drug-likeness (QED) is 0.112. The molecule has 15 aromatic rings. The highest BCUT2D eigenvalue weighted by Gasteiger charge is 2.20. The standard InChI is InChI=1S/C68H46N4O4/c1-73-48-21-27-62-55(35-48)56-36-49(74-2)22-28-63(56)71(62)46-17-13-39(14-18-46)52-25-26-61-59(66(52)40-15-19-47(20-16-40)72-64-29-23-50(75-3)37-57(64)58-38-51(76-4)24-30-65(58)72)34-45-12-10-42-32-53-41(33-54(42)68(45)70-61)9-11-44-31-43-7-5-6-8-60(43)69-67(44)53/h5-38H,1-4H3. The first-order valence-corrected chi connectivity index (χ1v) is 25.4. The van der Waals surface area contributed by atoms with Crippen LogP contribution >= 0.6 is 0 Å². The molecule has 0 amide bonds. The number of rotatable bonds is 8. The highest BCUT2D eigenvalue weighted by Crippen LogP contribution is 2.44. The van der Waals surface area contributed by atoms with Crippen molar-refractivity contribution in [1.29, 1.82) is 0 Å². The molecule has 76 heavy (non-hydrogen) atoms. The maximum Gasteiger partial charge on any atom is 0.119 e. The largest absolute Gasteiger partial charge is 0.497 e. The van der Waals surface area contributed by atoms with Gasteiger partial charge in [-0.25, -0.2) is 9.97 Å². The van der Waals surface area contributed by atoms with Gasteiger partial charge in [-0.3, -0.25) is 0 Å². The second-order valence-corrected chi connectivity index (χ2v) is 19.6. The Kier molecular flexibility index (Phi) is 9.65. The van der Waals surface area contributed by atoms with Crippen molar-refractivity contribution in [2.24, 2.45) is 0 Å². The zero-order chi connectivity index (χ0) is 50.8. The van der Waals surface area contributed by atoms with Crippen molar-refractivity contribution >= 4 is 109 Å². The van der Waals surface area contributed by atoms with E-state index in [0.717, 1.165) is 165 Å². The molecule has 4 aromatic heterocycles. The third-order valence-corrected chi connectivity index (χ3v) is 15.6. The van der Waals surface area contributed by atoms with Crippen LogP contribution < -0.4 is 18.9 Å². The van der Waals surface area contributed by atoms with Crippen molar-refractivity contribution < 1.29 is 18.9 Å². The van der Waals surface area contributed by atoms with Gasteiger partial charge >= 0.3 is 0 Å². The molecule has 0 spiro atoms. The van der Waals surface area contributed by atoms with Crippen LogP contribution in [-0.2, 0) is 0 Å². The molecule has 8 nitrogen and oxygen atoms in total. The fraction of sp³-hybridized carbons (Fsp3) is 0.0588. The summed E-state index contributed by atoms with van der Waals surface area (Å²) in [5.41, 5.74) is 14.7. The summed E-state index contributed by atoms with van der Waals surface area (Å²) in [7, 11) is 6.83. The van der Waals surface area contributed by atoms with Gasteiger partial charge in [-0.15, -0.1) is 0 Å². The number of hydrogen-bond acceptors (Lipinski definition) is 6. The molecule has 362 valence electrons. The number of fused-ring (bicyclic) bond motifs is 14. The summed E-state index contributed by atoms with van der Waals surface area (Å²) in [6, 6.07) is 73.8. The highest BCUT2D eigenvalue weighted by atomic mass is 16.5. The zero-order valence-electron chi connectivity index (χ0n) is 42.1. The van der Waals surface area contributed by atoms with Crippen LogP contribution in [0.4, 0.5) is 0 Å². The molecule has 0 bridgehead atoms. The van der Waals surface area contributed by atoms with E-state index in [1.165, 1.54) is 0 Å². The predicted octanol–water partition coefficient (Wildman–Crippen LogP) is 17.0. The van der Waals surface area contributed by atoms with Crippen molar-refractivity contribution in [1.82, 2.24) is 19.1 Å². The molecule has 0 aliphatic rings. The van der Waals surface area contributed by atoms with Gasteiger partial charge in [0, 0.05) is 65.2 Å². The second kappa shape index (κ2) is 16.8. The zero-order valence-corrected chi connectivity index (χ0v) is 42.1. The van der Waals surface area contributed by atoms with E-state index in [-0.39, 0.29) is 0 Å². The molecule has 0 aliphatic heterocycles. The SMILES string of the molecule is COc1ccc2c(c1)c1cc(OC)ccc1n2-c1ccc(-c2ccc3nc4c(ccc5cc6c(ccc7cc8ccccc8nc76)cc54)cc3c2-c2ccc(-n3c4ccc(OC)cc4c4cc(OC)ccc43)cc2)cc1. The van der Waals surface area contributed by atoms with Crippen LogP contribution in [0.25, 0.3) is 142 Å². The Labute approximate surface area is 436 Å². The number of ether oxygens (including phenoxy) is 4. The molecule has 0 radical (unpaired) electrons. The van der Waals surface area contributed by atoms with Crippen LogP contribution in [0.2, 0.25) is 0 Å². The van der Waals surface area contributed by atoms with Gasteiger partial charge in [0.15, 0.2) is 0 Å². The smallest absolute Gasteiger partial charge is 0.119 e. The van der Waals surface area contributed by atoms with Gasteiger partial charge in [-0.1, -0.05) is 72.8 Å². The lowest BCUT2D eigenvalue weighted by atomic mass is 9.90. The highest BCUT2D eigenvalue weighted by molar-refractivity contribution is 6.19. The summed E-state index contributed by atoms with van der Waals surface area (Å²) < 4.78 is 27.4. The second-order valence-electron chi connectivity index (χ2n) is 19.6. The van der Waals surface area contributed by atoms with Crippen molar-refractivity contribution in [3.05, 3.63) is 206 Å². The fourth-order valence-electron chi connectivity index (χ4n) is 11.9. The molecule has 0 unspecified atom stereocenters. The van der Waals surface area contributed by atoms with Crippen LogP contribution in [0.5, 0.6) is 23.0 Å². The molecule has 0 aliphatic carbocycles. The van der Waals surface area contributed by atoms with E-state index in [2.05, 4.69) is 191 Å². The molecule has 4 heterocycles. The van der Waals surface area contributed by atoms with Crippen LogP contribution in [0.3, 0.4) is 0 Å². The van der Waals surface area contributed by atoms with E-state index in [4.69, 9.17) is 28.9 Å². The molecule has 0 fully saturated rings. The monoisotopic (exact) mass is 982 g/mol. The summed E-state index contributed by atoms with van der Waals surface area (Å²) in [6.07, 6.45) is 0. The van der Waals surface area contributed by atoms with Crippen molar-refractivity contribution in [3.63, 3.8) is 0 Å². The minimum atomic E-state index is 0.805. The van der Waals surface area contributed by atoms with Gasteiger partial charge in [0.05, 0.1) is 72.6 Å². The van der Waals surface area contributed by atoms with Crippen molar-refractivity contribution in [3.8, 4) is 56.6 Å². The fourth-order valence-corrected chi connectivity index (χ4v) is 11.9. The average molecular weight is 983 g/mol. The van der Waals surface area contributed by atoms with E-state index in [0.29, 0.717) is 0 Å². The van der Waals surface area contributed by atoms with Crippen molar-refractivity contribution in [2.45, 2.75) is 0 Å². The normalized spacial score (nSPS) is 11.9. The Hall–Kier alpha value is -9.92. The Balaban J connectivity index is 0.914. The number of methoxy groups -OCH3 is 4. The van der Waals surface area contributed by atoms with Crippen molar-refractivity contribution in [2.75, 3.05) is 28.4 Å². The summed E-state index contributed by atoms with van der Waals surface area (Å²) >= 11 is 0. The van der Waals surface area contributed by atoms with Crippen LogP contribution in [-0.4, -0.2) is 47.5 Å². The topological polar surface area (TPSA) is 72.6 Å². The minimum Gasteiger partial charge on any atom is -0.497 e. The third kappa shape index (κ3) is 6.63. The number of pyridine rings is 2. The predicted molar refractivity (Wildman–Crippen MR) is 313 cm³/mol. The summed E-state index contributed by atoms with van der Waals surface area (Å²) in [5.74, 6) is 3.23. The average Bonchev–Trinajstić information content (AvgIpc) is 4.07. The number of aromatic nitrogens is 4. The van der Waals surface area contributed by atoms with Gasteiger partial charge in [0.2, 0.25) is 0 Å². The lowest BCUT2D eigenvalue weighted by molar-refractivity contribution is 0.415. The number of benzene rings is 11. The van der Waals surface area contributed by atoms with E-state index >= 15 is 0 Å². The molecule has 8 heteroatoms. The Morgan fingerprint density at radius 2 is 0.724 bits per heavy atom. The minimum absolute atomic E-state index is 0.805. The molecule has 0 atom stereocenters. The molecular weight excluding hydrogens is 937 g/mol.